The van der Waals surface area contributed by atoms with Crippen molar-refractivity contribution in [2.45, 2.75) is 69.9 Å². The van der Waals surface area contributed by atoms with Gasteiger partial charge >= 0.3 is 12.8 Å². The smallest absolute Gasteiger partial charge is 0.405 e. The summed E-state index contributed by atoms with van der Waals surface area (Å²) in [6, 6.07) is 0. The third-order valence-corrected chi connectivity index (χ3v) is 8.78. The molecule has 0 unspecified atom stereocenters. The Labute approximate surface area is 182 Å². The predicted octanol–water partition coefficient (Wildman–Crippen LogP) is 1.52. The van der Waals surface area contributed by atoms with Gasteiger partial charge in [0.15, 0.2) is 0 Å². The van der Waals surface area contributed by atoms with Crippen LogP contribution in [0, 0.1) is 20.8 Å². The molecule has 2 saturated heterocycles. The molecule has 3 saturated carbocycles. The molecule has 2 N–H and O–H groups in total. The quantitative estimate of drug-likeness (QED) is 0.467. The van der Waals surface area contributed by atoms with E-state index in [1.165, 1.54) is 17.2 Å². The highest BCUT2D eigenvalue weighted by Crippen LogP contribution is 2.66. The molecular weight excluding hydrogens is 490 g/mol. The summed E-state index contributed by atoms with van der Waals surface area (Å²) in [6.07, 6.45) is 3.12. The number of H-pyrrole nitrogens is 1. The van der Waals surface area contributed by atoms with Crippen LogP contribution in [0.1, 0.15) is 46.3 Å². The second kappa shape index (κ2) is 6.65. The summed E-state index contributed by atoms with van der Waals surface area (Å²) in [7, 11) is -0.472. The molecule has 1 aromatic rings. The zero-order chi connectivity index (χ0) is 20.7. The predicted molar refractivity (Wildman–Crippen MR) is 114 cm³/mol. The summed E-state index contributed by atoms with van der Waals surface area (Å²) in [5, 5.41) is 9.91. The molecule has 0 aromatic carbocycles. The van der Waals surface area contributed by atoms with Crippen molar-refractivity contribution < 1.29 is 19.2 Å². The van der Waals surface area contributed by atoms with Crippen molar-refractivity contribution in [3.63, 3.8) is 0 Å². The number of aliphatic hydroxyl groups excluding tert-OH is 1. The molecule has 3 heterocycles. The molecule has 5 aliphatic rings. The van der Waals surface area contributed by atoms with Gasteiger partial charge in [0.25, 0.3) is 5.56 Å². The van der Waals surface area contributed by atoms with Crippen LogP contribution in [-0.4, -0.2) is 46.2 Å². The minimum atomic E-state index is -0.581. The van der Waals surface area contributed by atoms with Gasteiger partial charge in [0.2, 0.25) is 0 Å². The molecule has 2 aliphatic heterocycles. The van der Waals surface area contributed by atoms with E-state index < -0.39 is 30.7 Å². The number of nitrogens with one attached hydrogen (secondary N) is 1. The Hall–Kier alpha value is -0.685. The van der Waals surface area contributed by atoms with Gasteiger partial charge in [-0.1, -0.05) is 13.8 Å². The summed E-state index contributed by atoms with van der Waals surface area (Å²) in [5.41, 5.74) is -1.00. The Morgan fingerprint density at radius 3 is 2.76 bits per heavy atom. The van der Waals surface area contributed by atoms with Crippen molar-refractivity contribution in [1.29, 1.82) is 0 Å². The van der Waals surface area contributed by atoms with Gasteiger partial charge in [-0.05, 0) is 66.0 Å². The van der Waals surface area contributed by atoms with E-state index in [1.54, 1.807) is 0 Å². The molecule has 7 atom stereocenters. The summed E-state index contributed by atoms with van der Waals surface area (Å²) in [6.45, 7) is 6.62. The summed E-state index contributed by atoms with van der Waals surface area (Å²) in [4.78, 5) is 26.3. The van der Waals surface area contributed by atoms with Crippen molar-refractivity contribution in [1.82, 2.24) is 9.55 Å². The van der Waals surface area contributed by atoms with E-state index >= 15 is 0 Å². The average molecular weight is 516 g/mol. The lowest BCUT2D eigenvalue weighted by molar-refractivity contribution is -0.199. The maximum atomic E-state index is 12.3. The molecule has 8 nitrogen and oxygen atoms in total. The molecule has 29 heavy (non-hydrogen) atoms. The molecule has 2 bridgehead atoms. The van der Waals surface area contributed by atoms with Gasteiger partial charge in [0.1, 0.15) is 6.23 Å². The fraction of sp³-hybridized carbons (Fsp3) is 0.789. The van der Waals surface area contributed by atoms with Crippen LogP contribution in [0.3, 0.4) is 0 Å². The van der Waals surface area contributed by atoms with E-state index in [2.05, 4.69) is 25.8 Å². The van der Waals surface area contributed by atoms with E-state index in [0.717, 1.165) is 6.42 Å². The van der Waals surface area contributed by atoms with Crippen molar-refractivity contribution in [3.8, 4) is 0 Å². The first-order valence-corrected chi connectivity index (χ1v) is 11.3. The van der Waals surface area contributed by atoms with Gasteiger partial charge in [-0.2, -0.15) is 0 Å². The molecule has 3 aliphatic carbocycles. The van der Waals surface area contributed by atoms with Crippen LogP contribution in [0.5, 0.6) is 0 Å². The molecule has 158 valence electrons. The zero-order valence-corrected chi connectivity index (χ0v) is 18.9. The Morgan fingerprint density at radius 2 is 2.07 bits per heavy atom. The number of nitrogens with zero attached hydrogens (tertiary/aromatic N) is 1. The van der Waals surface area contributed by atoms with Crippen LogP contribution in [0.15, 0.2) is 15.8 Å². The number of aliphatic hydroxyl groups is 1. The minimum Gasteiger partial charge on any atom is -0.405 e. The van der Waals surface area contributed by atoms with E-state index in [0.29, 0.717) is 21.8 Å². The van der Waals surface area contributed by atoms with Gasteiger partial charge in [-0.25, -0.2) is 4.79 Å². The number of hydrogen-bond donors (Lipinski definition) is 2. The number of rotatable bonds is 3. The molecule has 10 heteroatoms. The van der Waals surface area contributed by atoms with Crippen molar-refractivity contribution >= 4 is 29.7 Å². The Morgan fingerprint density at radius 1 is 1.31 bits per heavy atom. The maximum absolute atomic E-state index is 12.3. The van der Waals surface area contributed by atoms with Crippen LogP contribution in [0.4, 0.5) is 0 Å². The lowest BCUT2D eigenvalue weighted by Gasteiger charge is -2.64. The van der Waals surface area contributed by atoms with Gasteiger partial charge in [-0.3, -0.25) is 14.3 Å². The first kappa shape index (κ1) is 20.2. The highest BCUT2D eigenvalue weighted by Gasteiger charge is 2.69. The summed E-state index contributed by atoms with van der Waals surface area (Å²) in [5.74, 6) is 0.929. The molecule has 0 spiro atoms. The number of aromatic amines is 1. The van der Waals surface area contributed by atoms with E-state index in [1.807, 2.05) is 22.6 Å². The summed E-state index contributed by atoms with van der Waals surface area (Å²) < 4.78 is 20.7. The molecular formula is C19H26BIN2O6. The first-order chi connectivity index (χ1) is 13.6. The van der Waals surface area contributed by atoms with Crippen molar-refractivity contribution in [3.05, 3.63) is 30.6 Å². The fourth-order valence-corrected chi connectivity index (χ4v) is 6.58. The Balaban J connectivity index is 1.39. The van der Waals surface area contributed by atoms with Gasteiger partial charge < -0.3 is 19.2 Å². The first-order valence-electron chi connectivity index (χ1n) is 10.3. The van der Waals surface area contributed by atoms with Crippen LogP contribution >= 0.6 is 22.6 Å². The SMILES string of the molecule is CC1(C)[C@@H]2C[C@H]3OB([C@H]4C[C@H](n5cc(I)c(=O)[nH]c5=O)O[C@@H]4CO)O[C@@]3(C)[C@H]1C2. The normalized spacial score (nSPS) is 42.6. The van der Waals surface area contributed by atoms with Crippen LogP contribution in [0.2, 0.25) is 5.82 Å². The highest BCUT2D eigenvalue weighted by atomic mass is 127. The zero-order valence-electron chi connectivity index (χ0n) is 16.8. The van der Waals surface area contributed by atoms with Gasteiger partial charge in [0.05, 0.1) is 28.0 Å². The Kier molecular flexibility index (Phi) is 4.64. The molecule has 6 rings (SSSR count). The molecule has 5 fully saturated rings. The lowest BCUT2D eigenvalue weighted by Crippen LogP contribution is -2.65. The van der Waals surface area contributed by atoms with Crippen LogP contribution in [0.25, 0.3) is 0 Å². The average Bonchev–Trinajstić information content (AvgIpc) is 3.24. The number of ether oxygens (including phenoxy) is 1. The second-order valence-corrected chi connectivity index (χ2v) is 10.9. The maximum Gasteiger partial charge on any atom is 0.463 e. The second-order valence-electron chi connectivity index (χ2n) is 9.69. The largest absolute Gasteiger partial charge is 0.463 e. The minimum absolute atomic E-state index is 0.0550. The van der Waals surface area contributed by atoms with E-state index in [4.69, 9.17) is 14.0 Å². The molecule has 0 radical (unpaired) electrons. The van der Waals surface area contributed by atoms with Gasteiger partial charge in [-0.15, -0.1) is 0 Å². The molecule has 1 aromatic heterocycles. The van der Waals surface area contributed by atoms with Crippen molar-refractivity contribution in [2.24, 2.45) is 17.3 Å². The van der Waals surface area contributed by atoms with E-state index in [-0.39, 0.29) is 29.5 Å². The number of hydrogen-bond acceptors (Lipinski definition) is 6. The third kappa shape index (κ3) is 2.85. The van der Waals surface area contributed by atoms with Crippen molar-refractivity contribution in [2.75, 3.05) is 6.61 Å². The monoisotopic (exact) mass is 516 g/mol. The van der Waals surface area contributed by atoms with Gasteiger partial charge in [0, 0.05) is 12.0 Å². The topological polar surface area (TPSA) is 103 Å². The Bertz CT molecular complexity index is 949. The highest BCUT2D eigenvalue weighted by molar-refractivity contribution is 14.1. The summed E-state index contributed by atoms with van der Waals surface area (Å²) >= 11 is 1.89. The fourth-order valence-electron chi connectivity index (χ4n) is 6.14. The standard InChI is InChI=1S/C19H26BIN2O6/c1-18(2)9-4-13(18)19(3)14(5-9)28-20(29-19)10-6-15(27-12(10)8-24)23-7-11(21)16(25)22-17(23)26/h7,9-10,12-15,24H,4-6,8H2,1-3H3,(H,22,25,26)/t9-,10-,12+,13-,14+,15+,19-/m0/s1. The molecule has 0 amide bonds. The number of halogens is 1. The van der Waals surface area contributed by atoms with Crippen LogP contribution < -0.4 is 11.2 Å². The van der Waals surface area contributed by atoms with E-state index in [9.17, 15) is 14.7 Å². The third-order valence-electron chi connectivity index (χ3n) is 8.02. The number of aromatic nitrogens is 2. The van der Waals surface area contributed by atoms with Crippen LogP contribution in [-0.2, 0) is 14.0 Å². The lowest BCUT2D eigenvalue weighted by atomic mass is 9.43.